The number of likely N-dealkylation sites (tertiary alicyclic amines) is 1. The molecule has 0 radical (unpaired) electrons. The number of piperidine rings is 1. The maximum atomic E-state index is 13.4. The number of benzene rings is 2. The fraction of sp³-hybridized carbons (Fsp3) is 0.304. The molecule has 138 valence electrons. The number of carbonyl (C=O) groups excluding carboxylic acids is 1. The van der Waals surface area contributed by atoms with Crippen molar-refractivity contribution in [2.75, 3.05) is 13.1 Å². The van der Waals surface area contributed by atoms with Crippen LogP contribution in [0.5, 0.6) is 0 Å². The van der Waals surface area contributed by atoms with E-state index in [0.29, 0.717) is 22.0 Å². The van der Waals surface area contributed by atoms with Crippen LogP contribution in [-0.4, -0.2) is 28.9 Å². The Labute approximate surface area is 165 Å². The molecule has 3 nitrogen and oxygen atoms in total. The van der Waals surface area contributed by atoms with Crippen LogP contribution in [0.2, 0.25) is 5.02 Å². The van der Waals surface area contributed by atoms with Gasteiger partial charge in [-0.05, 0) is 43.4 Å². The van der Waals surface area contributed by atoms with Gasteiger partial charge in [0.1, 0.15) is 0 Å². The lowest BCUT2D eigenvalue weighted by molar-refractivity contribution is 0.0699. The van der Waals surface area contributed by atoms with Crippen LogP contribution >= 0.6 is 11.6 Å². The quantitative estimate of drug-likeness (QED) is 0.570. The topological polar surface area (TPSA) is 33.2 Å². The van der Waals surface area contributed by atoms with E-state index in [9.17, 15) is 4.79 Å². The van der Waals surface area contributed by atoms with Crippen LogP contribution in [0.25, 0.3) is 22.2 Å². The van der Waals surface area contributed by atoms with E-state index >= 15 is 0 Å². The molecule has 4 heteroatoms. The zero-order valence-corrected chi connectivity index (χ0v) is 16.5. The van der Waals surface area contributed by atoms with Crippen LogP contribution in [-0.2, 0) is 0 Å². The Balaban J connectivity index is 1.87. The van der Waals surface area contributed by atoms with Gasteiger partial charge in [-0.15, -0.1) is 0 Å². The summed E-state index contributed by atoms with van der Waals surface area (Å²) in [5, 5.41) is 1.40. The van der Waals surface area contributed by atoms with Gasteiger partial charge in [0.05, 0.1) is 21.8 Å². The minimum absolute atomic E-state index is 0.0754. The number of carbonyl (C=O) groups is 1. The predicted molar refractivity (Wildman–Crippen MR) is 111 cm³/mol. The molecule has 0 atom stereocenters. The maximum absolute atomic E-state index is 13.4. The summed E-state index contributed by atoms with van der Waals surface area (Å²) in [7, 11) is 0. The summed E-state index contributed by atoms with van der Waals surface area (Å²) in [5.41, 5.74) is 4.33. The summed E-state index contributed by atoms with van der Waals surface area (Å²) in [4.78, 5) is 20.1. The first-order valence-corrected chi connectivity index (χ1v) is 9.87. The zero-order valence-electron chi connectivity index (χ0n) is 15.7. The Bertz CT molecular complexity index is 1010. The van der Waals surface area contributed by atoms with Gasteiger partial charge in [-0.1, -0.05) is 54.9 Å². The summed E-state index contributed by atoms with van der Waals surface area (Å²) in [6.45, 7) is 5.93. The number of aromatic nitrogens is 1. The number of rotatable bonds is 2. The summed E-state index contributed by atoms with van der Waals surface area (Å²) in [6.07, 6.45) is 2.11. The molecule has 1 saturated heterocycles. The number of halogens is 1. The summed E-state index contributed by atoms with van der Waals surface area (Å²) < 4.78 is 0. The third-order valence-electron chi connectivity index (χ3n) is 5.51. The highest BCUT2D eigenvalue weighted by atomic mass is 35.5. The van der Waals surface area contributed by atoms with Gasteiger partial charge < -0.3 is 4.90 Å². The van der Waals surface area contributed by atoms with E-state index in [4.69, 9.17) is 16.6 Å². The second kappa shape index (κ2) is 7.32. The highest BCUT2D eigenvalue weighted by molar-refractivity contribution is 6.35. The van der Waals surface area contributed by atoms with Crippen LogP contribution in [0.4, 0.5) is 0 Å². The van der Waals surface area contributed by atoms with Crippen LogP contribution < -0.4 is 0 Å². The maximum Gasteiger partial charge on any atom is 0.254 e. The van der Waals surface area contributed by atoms with Crippen molar-refractivity contribution in [2.45, 2.75) is 26.7 Å². The zero-order chi connectivity index (χ0) is 19.0. The van der Waals surface area contributed by atoms with Crippen molar-refractivity contribution in [3.63, 3.8) is 0 Å². The first-order chi connectivity index (χ1) is 13.0. The molecule has 0 spiro atoms. The molecule has 0 unspecified atom stereocenters. The molecule has 2 aromatic carbocycles. The van der Waals surface area contributed by atoms with Crippen molar-refractivity contribution >= 4 is 28.4 Å². The lowest BCUT2D eigenvalue weighted by Gasteiger charge is -2.30. The fourth-order valence-electron chi connectivity index (χ4n) is 3.77. The van der Waals surface area contributed by atoms with Gasteiger partial charge in [0.15, 0.2) is 0 Å². The molecule has 3 aromatic rings. The SMILES string of the molecule is Cc1ccccc1-c1cc(C(=O)N2CCC(C)CC2)c2cccc(Cl)c2n1. The molecule has 0 N–H and O–H groups in total. The standard InChI is InChI=1S/C23H23ClN2O/c1-15-10-12-26(13-11-15)23(27)19-14-21(17-7-4-3-6-16(17)2)25-22-18(19)8-5-9-20(22)24/h3-9,14-15H,10-13H2,1-2H3. The van der Waals surface area contributed by atoms with Gasteiger partial charge in [-0.3, -0.25) is 4.79 Å². The molecule has 1 aliphatic rings. The molecule has 0 bridgehead atoms. The van der Waals surface area contributed by atoms with Gasteiger partial charge >= 0.3 is 0 Å². The Morgan fingerprint density at radius 3 is 2.59 bits per heavy atom. The number of pyridine rings is 1. The van der Waals surface area contributed by atoms with E-state index in [0.717, 1.165) is 48.1 Å². The molecule has 4 rings (SSSR count). The predicted octanol–water partition coefficient (Wildman–Crippen LogP) is 5.74. The minimum atomic E-state index is 0.0754. The van der Waals surface area contributed by atoms with Crippen LogP contribution in [0, 0.1) is 12.8 Å². The summed E-state index contributed by atoms with van der Waals surface area (Å²) in [6, 6.07) is 15.7. The van der Waals surface area contributed by atoms with Crippen molar-refractivity contribution in [2.24, 2.45) is 5.92 Å². The van der Waals surface area contributed by atoms with Crippen molar-refractivity contribution in [1.82, 2.24) is 9.88 Å². The molecule has 1 amide bonds. The normalized spacial score (nSPS) is 15.3. The smallest absolute Gasteiger partial charge is 0.254 e. The van der Waals surface area contributed by atoms with Crippen molar-refractivity contribution in [1.29, 1.82) is 0 Å². The largest absolute Gasteiger partial charge is 0.339 e. The lowest BCUT2D eigenvalue weighted by Crippen LogP contribution is -2.38. The first-order valence-electron chi connectivity index (χ1n) is 9.49. The molecule has 0 aliphatic carbocycles. The van der Waals surface area contributed by atoms with Crippen LogP contribution in [0.1, 0.15) is 35.7 Å². The Kier molecular flexibility index (Phi) is 4.88. The first kappa shape index (κ1) is 18.0. The lowest BCUT2D eigenvalue weighted by atomic mass is 9.97. The second-order valence-electron chi connectivity index (χ2n) is 7.48. The van der Waals surface area contributed by atoms with Gasteiger partial charge in [0.2, 0.25) is 0 Å². The van der Waals surface area contributed by atoms with E-state index in [1.165, 1.54) is 0 Å². The number of nitrogens with zero attached hydrogens (tertiary/aromatic N) is 2. The monoisotopic (exact) mass is 378 g/mol. The number of hydrogen-bond donors (Lipinski definition) is 0. The molecule has 0 saturated carbocycles. The number of amides is 1. The molecular weight excluding hydrogens is 356 g/mol. The van der Waals surface area contributed by atoms with Crippen molar-refractivity contribution < 1.29 is 4.79 Å². The van der Waals surface area contributed by atoms with Gasteiger partial charge in [-0.2, -0.15) is 0 Å². The third-order valence-corrected chi connectivity index (χ3v) is 5.82. The highest BCUT2D eigenvalue weighted by Crippen LogP contribution is 2.31. The average molecular weight is 379 g/mol. The van der Waals surface area contributed by atoms with E-state index in [2.05, 4.69) is 19.9 Å². The van der Waals surface area contributed by atoms with E-state index in [-0.39, 0.29) is 5.91 Å². The van der Waals surface area contributed by atoms with E-state index < -0.39 is 0 Å². The average Bonchev–Trinajstić information content (AvgIpc) is 2.68. The van der Waals surface area contributed by atoms with Gasteiger partial charge in [0.25, 0.3) is 5.91 Å². The number of para-hydroxylation sites is 1. The van der Waals surface area contributed by atoms with Crippen LogP contribution in [0.15, 0.2) is 48.5 Å². The van der Waals surface area contributed by atoms with E-state index in [1.54, 1.807) is 0 Å². The van der Waals surface area contributed by atoms with Gasteiger partial charge in [-0.25, -0.2) is 4.98 Å². The fourth-order valence-corrected chi connectivity index (χ4v) is 3.99. The van der Waals surface area contributed by atoms with E-state index in [1.807, 2.05) is 47.4 Å². The summed E-state index contributed by atoms with van der Waals surface area (Å²) in [5.74, 6) is 0.756. The molecule has 27 heavy (non-hydrogen) atoms. The number of hydrogen-bond acceptors (Lipinski definition) is 2. The highest BCUT2D eigenvalue weighted by Gasteiger charge is 2.24. The Morgan fingerprint density at radius 2 is 1.85 bits per heavy atom. The third kappa shape index (κ3) is 3.44. The minimum Gasteiger partial charge on any atom is -0.339 e. The number of aryl methyl sites for hydroxylation is 1. The van der Waals surface area contributed by atoms with Gasteiger partial charge in [0, 0.05) is 24.0 Å². The number of fused-ring (bicyclic) bond motifs is 1. The molecule has 2 heterocycles. The summed E-state index contributed by atoms with van der Waals surface area (Å²) >= 11 is 6.45. The van der Waals surface area contributed by atoms with Crippen molar-refractivity contribution in [3.05, 3.63) is 64.7 Å². The molecule has 1 aliphatic heterocycles. The molecular formula is C23H23ClN2O. The van der Waals surface area contributed by atoms with Crippen LogP contribution in [0.3, 0.4) is 0 Å². The second-order valence-corrected chi connectivity index (χ2v) is 7.89. The molecule has 1 aromatic heterocycles. The Hall–Kier alpha value is -2.39. The van der Waals surface area contributed by atoms with Crippen molar-refractivity contribution in [3.8, 4) is 11.3 Å². The molecule has 1 fully saturated rings. The Morgan fingerprint density at radius 1 is 1.11 bits per heavy atom.